The molecule has 1 aromatic rings. The van der Waals surface area contributed by atoms with Crippen LogP contribution in [0.15, 0.2) is 24.3 Å². The highest BCUT2D eigenvalue weighted by Crippen LogP contribution is 2.25. The van der Waals surface area contributed by atoms with E-state index in [-0.39, 0.29) is 5.78 Å². The number of rotatable bonds is 1. The molecule has 0 amide bonds. The second-order valence-corrected chi connectivity index (χ2v) is 3.99. The van der Waals surface area contributed by atoms with Gasteiger partial charge >= 0.3 is 5.97 Å². The highest BCUT2D eigenvalue weighted by atomic mass is 16.5. The van der Waals surface area contributed by atoms with Gasteiger partial charge in [-0.05, 0) is 24.8 Å². The van der Waals surface area contributed by atoms with Gasteiger partial charge in [-0.1, -0.05) is 24.3 Å². The molecule has 1 aliphatic carbocycles. The molecule has 0 radical (unpaired) electrons. The first-order valence-corrected chi connectivity index (χ1v) is 5.44. The molecule has 1 aromatic carbocycles. The molecule has 0 heterocycles. The Kier molecular flexibility index (Phi) is 3.04. The minimum Gasteiger partial charge on any atom is -0.468 e. The molecule has 1 aliphatic rings. The molecule has 0 unspecified atom stereocenters. The summed E-state index contributed by atoms with van der Waals surface area (Å²) < 4.78 is 4.67. The Balaban J connectivity index is 2.37. The summed E-state index contributed by atoms with van der Waals surface area (Å²) in [6.45, 7) is 0. The van der Waals surface area contributed by atoms with Gasteiger partial charge in [0.05, 0.1) is 7.11 Å². The van der Waals surface area contributed by atoms with Crippen LogP contribution in [0.3, 0.4) is 0 Å². The summed E-state index contributed by atoms with van der Waals surface area (Å²) in [5.74, 6) is -1.13. The fourth-order valence-corrected chi connectivity index (χ4v) is 2.16. The smallest absolute Gasteiger partial charge is 0.316 e. The number of hydrogen-bond acceptors (Lipinski definition) is 3. The molecular weight excluding hydrogens is 204 g/mol. The van der Waals surface area contributed by atoms with Crippen LogP contribution in [0.4, 0.5) is 0 Å². The first-order chi connectivity index (χ1) is 7.74. The highest BCUT2D eigenvalue weighted by Gasteiger charge is 2.31. The number of carbonyl (C=O) groups excluding carboxylic acids is 2. The number of ketones is 1. The van der Waals surface area contributed by atoms with Crippen LogP contribution in [-0.2, 0) is 16.0 Å². The molecule has 0 bridgehead atoms. The summed E-state index contributed by atoms with van der Waals surface area (Å²) in [6, 6.07) is 7.49. The van der Waals surface area contributed by atoms with Gasteiger partial charge in [-0.25, -0.2) is 0 Å². The predicted molar refractivity (Wildman–Crippen MR) is 59.2 cm³/mol. The molecule has 0 N–H and O–H groups in total. The predicted octanol–water partition coefficient (Wildman–Crippen LogP) is 1.99. The lowest BCUT2D eigenvalue weighted by molar-refractivity contribution is -0.143. The third-order valence-electron chi connectivity index (χ3n) is 3.02. The largest absolute Gasteiger partial charge is 0.468 e. The monoisotopic (exact) mass is 218 g/mol. The lowest BCUT2D eigenvalue weighted by Gasteiger charge is -2.10. The van der Waals surface area contributed by atoms with E-state index < -0.39 is 11.9 Å². The third-order valence-corrected chi connectivity index (χ3v) is 3.02. The van der Waals surface area contributed by atoms with Crippen LogP contribution < -0.4 is 0 Å². The number of hydrogen-bond donors (Lipinski definition) is 0. The van der Waals surface area contributed by atoms with Crippen LogP contribution in [-0.4, -0.2) is 18.9 Å². The molecular formula is C13H14O3. The molecule has 0 saturated carbocycles. The van der Waals surface area contributed by atoms with Gasteiger partial charge in [0.15, 0.2) is 5.78 Å². The van der Waals surface area contributed by atoms with E-state index in [1.165, 1.54) is 7.11 Å². The van der Waals surface area contributed by atoms with Gasteiger partial charge in [0.2, 0.25) is 0 Å². The Morgan fingerprint density at radius 1 is 1.38 bits per heavy atom. The van der Waals surface area contributed by atoms with Crippen LogP contribution >= 0.6 is 0 Å². The van der Waals surface area contributed by atoms with Gasteiger partial charge < -0.3 is 4.74 Å². The zero-order valence-electron chi connectivity index (χ0n) is 9.23. The first-order valence-electron chi connectivity index (χ1n) is 5.44. The van der Waals surface area contributed by atoms with E-state index in [0.717, 1.165) is 18.4 Å². The van der Waals surface area contributed by atoms with Crippen molar-refractivity contribution in [2.75, 3.05) is 7.11 Å². The fraction of sp³-hybridized carbons (Fsp3) is 0.385. The van der Waals surface area contributed by atoms with Crippen LogP contribution in [0.25, 0.3) is 0 Å². The summed E-state index contributed by atoms with van der Waals surface area (Å²) >= 11 is 0. The van der Waals surface area contributed by atoms with Gasteiger partial charge in [-0.3, -0.25) is 9.59 Å². The van der Waals surface area contributed by atoms with Crippen molar-refractivity contribution in [3.8, 4) is 0 Å². The second-order valence-electron chi connectivity index (χ2n) is 3.99. The summed E-state index contributed by atoms with van der Waals surface area (Å²) in [4.78, 5) is 23.6. The molecule has 1 atom stereocenters. The summed E-state index contributed by atoms with van der Waals surface area (Å²) in [6.07, 6.45) is 2.29. The number of fused-ring (bicyclic) bond motifs is 1. The van der Waals surface area contributed by atoms with E-state index in [1.807, 2.05) is 18.2 Å². The molecule has 2 rings (SSSR count). The van der Waals surface area contributed by atoms with E-state index in [0.29, 0.717) is 12.0 Å². The van der Waals surface area contributed by atoms with E-state index in [2.05, 4.69) is 4.74 Å². The standard InChI is InChI=1S/C13H14O3/c1-16-13(15)11-8-4-6-9-5-2-3-7-10(9)12(11)14/h2-3,5,7,11H,4,6,8H2,1H3/t11-/m1/s1. The molecule has 3 nitrogen and oxygen atoms in total. The van der Waals surface area contributed by atoms with Crippen molar-refractivity contribution in [2.24, 2.45) is 5.92 Å². The average Bonchev–Trinajstić information content (AvgIpc) is 2.49. The third kappa shape index (κ3) is 1.85. The maximum absolute atomic E-state index is 12.1. The number of benzene rings is 1. The normalized spacial score (nSPS) is 19.8. The van der Waals surface area contributed by atoms with Gasteiger partial charge in [0.1, 0.15) is 5.92 Å². The Hall–Kier alpha value is -1.64. The zero-order chi connectivity index (χ0) is 11.5. The fourth-order valence-electron chi connectivity index (χ4n) is 2.16. The van der Waals surface area contributed by atoms with Gasteiger partial charge in [-0.15, -0.1) is 0 Å². The summed E-state index contributed by atoms with van der Waals surface area (Å²) in [7, 11) is 1.33. The molecule has 16 heavy (non-hydrogen) atoms. The highest BCUT2D eigenvalue weighted by molar-refractivity contribution is 6.09. The van der Waals surface area contributed by atoms with Gasteiger partial charge in [0, 0.05) is 5.56 Å². The Bertz CT molecular complexity index is 423. The quantitative estimate of drug-likeness (QED) is 0.411. The van der Waals surface area contributed by atoms with Crippen molar-refractivity contribution < 1.29 is 14.3 Å². The summed E-state index contributed by atoms with van der Waals surface area (Å²) in [5.41, 5.74) is 1.72. The number of methoxy groups -OCH3 is 1. The van der Waals surface area contributed by atoms with Crippen molar-refractivity contribution in [2.45, 2.75) is 19.3 Å². The number of carbonyl (C=O) groups is 2. The molecule has 84 valence electrons. The van der Waals surface area contributed by atoms with Gasteiger partial charge in [-0.2, -0.15) is 0 Å². The Morgan fingerprint density at radius 3 is 2.88 bits per heavy atom. The molecule has 0 fully saturated rings. The second kappa shape index (κ2) is 4.47. The number of esters is 1. The lowest BCUT2D eigenvalue weighted by Crippen LogP contribution is -2.24. The van der Waals surface area contributed by atoms with E-state index in [9.17, 15) is 9.59 Å². The Morgan fingerprint density at radius 2 is 2.12 bits per heavy atom. The number of aryl methyl sites for hydroxylation is 1. The zero-order valence-corrected chi connectivity index (χ0v) is 9.23. The molecule has 3 heteroatoms. The maximum Gasteiger partial charge on any atom is 0.316 e. The minimum atomic E-state index is -0.617. The van der Waals surface area contributed by atoms with Crippen molar-refractivity contribution >= 4 is 11.8 Å². The SMILES string of the molecule is COC(=O)[C@@H]1CCCc2ccccc2C1=O. The van der Waals surface area contributed by atoms with E-state index in [4.69, 9.17) is 0 Å². The average molecular weight is 218 g/mol. The molecule has 0 aliphatic heterocycles. The molecule has 0 saturated heterocycles. The maximum atomic E-state index is 12.1. The lowest BCUT2D eigenvalue weighted by atomic mass is 9.95. The van der Waals surface area contributed by atoms with Crippen LogP contribution in [0, 0.1) is 5.92 Å². The first kappa shape index (κ1) is 10.9. The van der Waals surface area contributed by atoms with E-state index in [1.54, 1.807) is 6.07 Å². The van der Waals surface area contributed by atoms with Gasteiger partial charge in [0.25, 0.3) is 0 Å². The van der Waals surface area contributed by atoms with Crippen LogP contribution in [0.2, 0.25) is 0 Å². The summed E-state index contributed by atoms with van der Waals surface area (Å²) in [5, 5.41) is 0. The van der Waals surface area contributed by atoms with Crippen LogP contribution in [0.5, 0.6) is 0 Å². The van der Waals surface area contributed by atoms with Crippen molar-refractivity contribution in [3.05, 3.63) is 35.4 Å². The number of Topliss-reactive ketones (excluding diaryl/α,β-unsaturated/α-hetero) is 1. The topological polar surface area (TPSA) is 43.4 Å². The number of ether oxygens (including phenoxy) is 1. The van der Waals surface area contributed by atoms with Crippen molar-refractivity contribution in [1.29, 1.82) is 0 Å². The van der Waals surface area contributed by atoms with Crippen molar-refractivity contribution in [1.82, 2.24) is 0 Å². The van der Waals surface area contributed by atoms with Crippen molar-refractivity contribution in [3.63, 3.8) is 0 Å². The van der Waals surface area contributed by atoms with E-state index >= 15 is 0 Å². The molecule has 0 spiro atoms. The Labute approximate surface area is 94.4 Å². The molecule has 0 aromatic heterocycles. The van der Waals surface area contributed by atoms with Crippen LogP contribution in [0.1, 0.15) is 28.8 Å². The minimum absolute atomic E-state index is 0.0973.